The van der Waals surface area contributed by atoms with Crippen LogP contribution in [0.4, 0.5) is 0 Å². The fraction of sp³-hybridized carbons (Fsp3) is 0.167. The van der Waals surface area contributed by atoms with Crippen molar-refractivity contribution in [3.05, 3.63) is 65.9 Å². The predicted molar refractivity (Wildman–Crippen MR) is 84.0 cm³/mol. The van der Waals surface area contributed by atoms with E-state index in [-0.39, 0.29) is 0 Å². The summed E-state index contributed by atoms with van der Waals surface area (Å²) in [5.74, 6) is 0.877. The van der Waals surface area contributed by atoms with Crippen LogP contribution in [0.2, 0.25) is 0 Å². The average molecular weight is 279 g/mol. The zero-order valence-electron chi connectivity index (χ0n) is 12.0. The largest absolute Gasteiger partial charge is 0.492 e. The van der Waals surface area contributed by atoms with Crippen LogP contribution in [0.15, 0.2) is 54.7 Å². The Labute approximate surface area is 123 Å². The van der Waals surface area contributed by atoms with Gasteiger partial charge in [-0.15, -0.1) is 0 Å². The van der Waals surface area contributed by atoms with Crippen molar-refractivity contribution in [3.8, 4) is 5.75 Å². The molecule has 0 bridgehead atoms. The van der Waals surface area contributed by atoms with Crippen molar-refractivity contribution in [2.75, 3.05) is 6.61 Å². The highest BCUT2D eigenvalue weighted by molar-refractivity contribution is 5.97. The zero-order valence-corrected chi connectivity index (χ0v) is 12.0. The molecule has 0 radical (unpaired) electrons. The van der Waals surface area contributed by atoms with E-state index in [4.69, 9.17) is 4.74 Å². The number of carbonyl (C=O) groups excluding carboxylic acids is 1. The monoisotopic (exact) mass is 279 g/mol. The van der Waals surface area contributed by atoms with Gasteiger partial charge in [0.1, 0.15) is 12.4 Å². The number of aryl methyl sites for hydroxylation is 1. The number of hydrogen-bond donors (Lipinski definition) is 0. The molecule has 106 valence electrons. The highest BCUT2D eigenvalue weighted by Crippen LogP contribution is 2.20. The molecule has 0 aliphatic rings. The molecule has 2 aromatic carbocycles. The van der Waals surface area contributed by atoms with Crippen molar-refractivity contribution >= 4 is 17.2 Å². The SMILES string of the molecule is Cc1cccc(OCCn2cc(C=O)c3ccccc32)c1. The second-order valence-electron chi connectivity index (χ2n) is 5.08. The molecule has 3 rings (SSSR count). The van der Waals surface area contributed by atoms with Gasteiger partial charge in [-0.05, 0) is 30.7 Å². The average Bonchev–Trinajstić information content (AvgIpc) is 2.86. The van der Waals surface area contributed by atoms with Crippen LogP contribution in [0.1, 0.15) is 15.9 Å². The second-order valence-corrected chi connectivity index (χ2v) is 5.08. The number of ether oxygens (including phenoxy) is 1. The molecule has 0 saturated carbocycles. The van der Waals surface area contributed by atoms with E-state index in [1.807, 2.05) is 61.7 Å². The summed E-state index contributed by atoms with van der Waals surface area (Å²) < 4.78 is 7.84. The molecule has 0 aliphatic carbocycles. The van der Waals surface area contributed by atoms with Crippen LogP contribution in [0.5, 0.6) is 5.75 Å². The Morgan fingerprint density at radius 2 is 2.00 bits per heavy atom. The lowest BCUT2D eigenvalue weighted by atomic mass is 10.2. The molecule has 0 amide bonds. The Hall–Kier alpha value is -2.55. The Balaban J connectivity index is 1.75. The molecule has 0 aliphatic heterocycles. The molecule has 0 atom stereocenters. The summed E-state index contributed by atoms with van der Waals surface area (Å²) in [6.45, 7) is 3.32. The lowest BCUT2D eigenvalue weighted by Crippen LogP contribution is -2.07. The summed E-state index contributed by atoms with van der Waals surface area (Å²) in [5, 5.41) is 0.989. The molecule has 0 N–H and O–H groups in total. The Bertz CT molecular complexity index is 774. The van der Waals surface area contributed by atoms with Gasteiger partial charge < -0.3 is 9.30 Å². The van der Waals surface area contributed by atoms with Crippen molar-refractivity contribution in [1.82, 2.24) is 4.57 Å². The van der Waals surface area contributed by atoms with Crippen LogP contribution >= 0.6 is 0 Å². The highest BCUT2D eigenvalue weighted by atomic mass is 16.5. The van der Waals surface area contributed by atoms with Crippen molar-refractivity contribution < 1.29 is 9.53 Å². The maximum absolute atomic E-state index is 11.1. The van der Waals surface area contributed by atoms with Gasteiger partial charge in [0.2, 0.25) is 0 Å². The maximum Gasteiger partial charge on any atom is 0.152 e. The topological polar surface area (TPSA) is 31.2 Å². The number of carbonyl (C=O) groups is 1. The maximum atomic E-state index is 11.1. The summed E-state index contributed by atoms with van der Waals surface area (Å²) in [5.41, 5.74) is 2.97. The first-order valence-electron chi connectivity index (χ1n) is 7.00. The minimum atomic E-state index is 0.570. The third kappa shape index (κ3) is 2.82. The van der Waals surface area contributed by atoms with Crippen molar-refractivity contribution in [2.45, 2.75) is 13.5 Å². The van der Waals surface area contributed by atoms with Gasteiger partial charge in [-0.2, -0.15) is 0 Å². The van der Waals surface area contributed by atoms with E-state index in [0.29, 0.717) is 13.2 Å². The number of aromatic nitrogens is 1. The van der Waals surface area contributed by atoms with Crippen LogP contribution in [0.25, 0.3) is 10.9 Å². The van der Waals surface area contributed by atoms with E-state index in [2.05, 4.69) is 4.57 Å². The normalized spacial score (nSPS) is 10.7. The van der Waals surface area contributed by atoms with Crippen LogP contribution in [0.3, 0.4) is 0 Å². The molecule has 3 heteroatoms. The molecule has 21 heavy (non-hydrogen) atoms. The second kappa shape index (κ2) is 5.83. The summed E-state index contributed by atoms with van der Waals surface area (Å²) in [6, 6.07) is 15.9. The summed E-state index contributed by atoms with van der Waals surface area (Å²) in [4.78, 5) is 11.1. The molecular weight excluding hydrogens is 262 g/mol. The quantitative estimate of drug-likeness (QED) is 0.664. The van der Waals surface area contributed by atoms with Crippen molar-refractivity contribution in [2.24, 2.45) is 0 Å². The Morgan fingerprint density at radius 1 is 1.14 bits per heavy atom. The van der Waals surface area contributed by atoms with E-state index in [0.717, 1.165) is 28.5 Å². The first-order chi connectivity index (χ1) is 10.3. The van der Waals surface area contributed by atoms with Crippen LogP contribution in [0, 0.1) is 6.92 Å². The van der Waals surface area contributed by atoms with Gasteiger partial charge in [0.05, 0.1) is 6.54 Å². The van der Waals surface area contributed by atoms with E-state index >= 15 is 0 Å². The van der Waals surface area contributed by atoms with Crippen LogP contribution < -0.4 is 4.74 Å². The molecule has 1 heterocycles. The van der Waals surface area contributed by atoms with Gasteiger partial charge in [-0.1, -0.05) is 30.3 Å². The number of benzene rings is 2. The minimum absolute atomic E-state index is 0.570. The van der Waals surface area contributed by atoms with Gasteiger partial charge in [0.25, 0.3) is 0 Å². The van der Waals surface area contributed by atoms with Crippen molar-refractivity contribution in [3.63, 3.8) is 0 Å². The first kappa shape index (κ1) is 13.4. The molecule has 3 aromatic rings. The standard InChI is InChI=1S/C18H17NO2/c1-14-5-4-6-16(11-14)21-10-9-19-12-15(13-20)17-7-2-3-8-18(17)19/h2-8,11-13H,9-10H2,1H3. The van der Waals surface area contributed by atoms with E-state index in [1.54, 1.807) is 0 Å². The number of para-hydroxylation sites is 1. The number of nitrogens with zero attached hydrogens (tertiary/aromatic N) is 1. The zero-order chi connectivity index (χ0) is 14.7. The third-order valence-electron chi connectivity index (χ3n) is 3.54. The number of aldehydes is 1. The van der Waals surface area contributed by atoms with Gasteiger partial charge in [-0.25, -0.2) is 0 Å². The number of fused-ring (bicyclic) bond motifs is 1. The fourth-order valence-corrected chi connectivity index (χ4v) is 2.52. The first-order valence-corrected chi connectivity index (χ1v) is 7.00. The Morgan fingerprint density at radius 3 is 2.81 bits per heavy atom. The van der Waals surface area contributed by atoms with Crippen LogP contribution in [-0.2, 0) is 6.54 Å². The lowest BCUT2D eigenvalue weighted by Gasteiger charge is -2.08. The number of rotatable bonds is 5. The van der Waals surface area contributed by atoms with Gasteiger partial charge in [0.15, 0.2) is 6.29 Å². The molecule has 0 saturated heterocycles. The Kier molecular flexibility index (Phi) is 3.73. The summed E-state index contributed by atoms with van der Waals surface area (Å²) in [7, 11) is 0. The molecule has 0 spiro atoms. The molecule has 0 fully saturated rings. The molecule has 0 unspecified atom stereocenters. The number of hydrogen-bond acceptors (Lipinski definition) is 2. The van der Waals surface area contributed by atoms with Crippen LogP contribution in [-0.4, -0.2) is 17.5 Å². The van der Waals surface area contributed by atoms with Gasteiger partial charge in [-0.3, -0.25) is 4.79 Å². The molecular formula is C18H17NO2. The smallest absolute Gasteiger partial charge is 0.152 e. The van der Waals surface area contributed by atoms with Crippen molar-refractivity contribution in [1.29, 1.82) is 0 Å². The van der Waals surface area contributed by atoms with Gasteiger partial charge in [0, 0.05) is 22.7 Å². The molecule has 3 nitrogen and oxygen atoms in total. The highest BCUT2D eigenvalue weighted by Gasteiger charge is 2.06. The lowest BCUT2D eigenvalue weighted by molar-refractivity contribution is 0.112. The third-order valence-corrected chi connectivity index (χ3v) is 3.54. The van der Waals surface area contributed by atoms with Gasteiger partial charge >= 0.3 is 0 Å². The predicted octanol–water partition coefficient (Wildman–Crippen LogP) is 3.84. The minimum Gasteiger partial charge on any atom is -0.492 e. The summed E-state index contributed by atoms with van der Waals surface area (Å²) >= 11 is 0. The molecule has 1 aromatic heterocycles. The van der Waals surface area contributed by atoms with E-state index in [9.17, 15) is 4.79 Å². The van der Waals surface area contributed by atoms with E-state index < -0.39 is 0 Å². The van der Waals surface area contributed by atoms with E-state index in [1.165, 1.54) is 5.56 Å². The fourth-order valence-electron chi connectivity index (χ4n) is 2.52. The summed E-state index contributed by atoms with van der Waals surface area (Å²) in [6.07, 6.45) is 2.79.